The second-order valence-electron chi connectivity index (χ2n) is 5.04. The average molecular weight is 294 g/mol. The lowest BCUT2D eigenvalue weighted by Gasteiger charge is -2.17. The van der Waals surface area contributed by atoms with Gasteiger partial charge in [0.2, 0.25) is 0 Å². The molecule has 3 rings (SSSR count). The first-order valence-corrected chi connectivity index (χ1v) is 6.86. The molecule has 0 aliphatic heterocycles. The maximum Gasteiger partial charge on any atom is 0.164 e. The summed E-state index contributed by atoms with van der Waals surface area (Å²) in [4.78, 5) is 14.8. The molecule has 3 aromatic rings. The largest absolute Gasteiger partial charge is 0.362 e. The van der Waals surface area contributed by atoms with Crippen LogP contribution in [0, 0.1) is 5.82 Å². The number of rotatable bonds is 3. The monoisotopic (exact) mass is 294 g/mol. The molecule has 0 radical (unpaired) electrons. The number of aromatic nitrogens is 3. The molecule has 110 valence electrons. The highest BCUT2D eigenvalue weighted by atomic mass is 19.1. The van der Waals surface area contributed by atoms with E-state index in [0.717, 1.165) is 16.9 Å². The fourth-order valence-corrected chi connectivity index (χ4v) is 2.22. The Labute approximate surface area is 128 Å². The molecule has 0 amide bonds. The summed E-state index contributed by atoms with van der Waals surface area (Å²) in [5, 5.41) is 0. The van der Waals surface area contributed by atoms with Gasteiger partial charge in [0.1, 0.15) is 11.6 Å². The first kappa shape index (κ1) is 14.1. The Morgan fingerprint density at radius 1 is 0.955 bits per heavy atom. The van der Waals surface area contributed by atoms with E-state index in [1.54, 1.807) is 36.8 Å². The first-order chi connectivity index (χ1) is 10.7. The minimum absolute atomic E-state index is 0.330. The van der Waals surface area contributed by atoms with Crippen molar-refractivity contribution < 1.29 is 4.39 Å². The van der Waals surface area contributed by atoms with Crippen LogP contribution in [0.4, 0.5) is 10.2 Å². The van der Waals surface area contributed by atoms with E-state index in [1.165, 1.54) is 6.07 Å². The maximum atomic E-state index is 13.9. The van der Waals surface area contributed by atoms with E-state index in [9.17, 15) is 4.39 Å². The second-order valence-corrected chi connectivity index (χ2v) is 5.04. The van der Waals surface area contributed by atoms with Gasteiger partial charge in [-0.1, -0.05) is 12.1 Å². The molecule has 0 unspecified atom stereocenters. The minimum atomic E-state index is -0.330. The minimum Gasteiger partial charge on any atom is -0.362 e. The molecular weight excluding hydrogens is 279 g/mol. The van der Waals surface area contributed by atoms with E-state index in [1.807, 2.05) is 31.1 Å². The standard InChI is InChI=1S/C17H15FN4/c1-22(2)17-14(12-7-9-19-10-8-12)11-20-16(21-17)13-5-3-4-6-15(13)18/h3-11H,1-2H3. The number of pyridine rings is 1. The Morgan fingerprint density at radius 3 is 2.36 bits per heavy atom. The van der Waals surface area contributed by atoms with E-state index >= 15 is 0 Å². The molecule has 0 spiro atoms. The summed E-state index contributed by atoms with van der Waals surface area (Å²) in [5.41, 5.74) is 2.25. The van der Waals surface area contributed by atoms with Crippen LogP contribution in [0.1, 0.15) is 0 Å². The molecule has 2 heterocycles. The number of halogens is 1. The van der Waals surface area contributed by atoms with Crippen LogP contribution in [-0.2, 0) is 0 Å². The van der Waals surface area contributed by atoms with Gasteiger partial charge in [-0.3, -0.25) is 4.98 Å². The number of anilines is 1. The molecule has 0 atom stereocenters. The lowest BCUT2D eigenvalue weighted by molar-refractivity contribution is 0.630. The van der Waals surface area contributed by atoms with E-state index in [2.05, 4.69) is 15.0 Å². The molecule has 0 saturated carbocycles. The number of nitrogens with zero attached hydrogens (tertiary/aromatic N) is 4. The highest BCUT2D eigenvalue weighted by Gasteiger charge is 2.14. The summed E-state index contributed by atoms with van der Waals surface area (Å²) in [6.07, 6.45) is 5.17. The molecule has 0 fully saturated rings. The van der Waals surface area contributed by atoms with E-state index < -0.39 is 0 Å². The summed E-state index contributed by atoms with van der Waals surface area (Å²) >= 11 is 0. The van der Waals surface area contributed by atoms with Gasteiger partial charge in [0.15, 0.2) is 5.82 Å². The highest BCUT2D eigenvalue weighted by Crippen LogP contribution is 2.29. The van der Waals surface area contributed by atoms with E-state index in [-0.39, 0.29) is 5.82 Å². The average Bonchev–Trinajstić information content (AvgIpc) is 2.55. The molecule has 0 bridgehead atoms. The van der Waals surface area contributed by atoms with Crippen molar-refractivity contribution in [2.45, 2.75) is 0 Å². The lowest BCUT2D eigenvalue weighted by atomic mass is 10.1. The third-order valence-corrected chi connectivity index (χ3v) is 3.30. The normalized spacial score (nSPS) is 10.5. The summed E-state index contributed by atoms with van der Waals surface area (Å²) in [7, 11) is 3.80. The van der Waals surface area contributed by atoms with Crippen LogP contribution in [0.25, 0.3) is 22.5 Å². The van der Waals surface area contributed by atoms with Crippen LogP contribution in [0.5, 0.6) is 0 Å². The van der Waals surface area contributed by atoms with Crippen LogP contribution in [0.2, 0.25) is 0 Å². The molecule has 0 aliphatic carbocycles. The Balaban J connectivity index is 2.15. The van der Waals surface area contributed by atoms with Crippen molar-refractivity contribution >= 4 is 5.82 Å². The van der Waals surface area contributed by atoms with Gasteiger partial charge in [-0.2, -0.15) is 0 Å². The summed E-state index contributed by atoms with van der Waals surface area (Å²) in [6.45, 7) is 0. The topological polar surface area (TPSA) is 41.9 Å². The van der Waals surface area contributed by atoms with Gasteiger partial charge in [-0.25, -0.2) is 14.4 Å². The van der Waals surface area contributed by atoms with Crippen molar-refractivity contribution in [2.75, 3.05) is 19.0 Å². The third kappa shape index (κ3) is 2.65. The van der Waals surface area contributed by atoms with Crippen molar-refractivity contribution in [1.29, 1.82) is 0 Å². The van der Waals surface area contributed by atoms with Crippen molar-refractivity contribution in [3.63, 3.8) is 0 Å². The molecule has 1 aromatic carbocycles. The summed E-state index contributed by atoms with van der Waals surface area (Å²) in [5.74, 6) is 0.780. The highest BCUT2D eigenvalue weighted by molar-refractivity contribution is 5.76. The molecule has 0 saturated heterocycles. The quantitative estimate of drug-likeness (QED) is 0.742. The van der Waals surface area contributed by atoms with Crippen LogP contribution in [-0.4, -0.2) is 29.0 Å². The fourth-order valence-electron chi connectivity index (χ4n) is 2.22. The second kappa shape index (κ2) is 5.89. The zero-order chi connectivity index (χ0) is 15.5. The smallest absolute Gasteiger partial charge is 0.164 e. The zero-order valence-corrected chi connectivity index (χ0v) is 12.4. The molecular formula is C17H15FN4. The molecule has 2 aromatic heterocycles. The van der Waals surface area contributed by atoms with Gasteiger partial charge in [0.05, 0.1) is 5.56 Å². The maximum absolute atomic E-state index is 13.9. The molecule has 4 nitrogen and oxygen atoms in total. The number of hydrogen-bond acceptors (Lipinski definition) is 4. The zero-order valence-electron chi connectivity index (χ0n) is 12.4. The molecule has 22 heavy (non-hydrogen) atoms. The van der Waals surface area contributed by atoms with E-state index in [0.29, 0.717) is 11.4 Å². The third-order valence-electron chi connectivity index (χ3n) is 3.30. The van der Waals surface area contributed by atoms with Crippen LogP contribution in [0.15, 0.2) is 55.0 Å². The lowest BCUT2D eigenvalue weighted by Crippen LogP contribution is -2.13. The van der Waals surface area contributed by atoms with Crippen molar-refractivity contribution in [3.8, 4) is 22.5 Å². The first-order valence-electron chi connectivity index (χ1n) is 6.86. The predicted octanol–water partition coefficient (Wildman–Crippen LogP) is 3.41. The van der Waals surface area contributed by atoms with Crippen molar-refractivity contribution in [2.24, 2.45) is 0 Å². The van der Waals surface area contributed by atoms with E-state index in [4.69, 9.17) is 0 Å². The molecule has 0 aliphatic rings. The molecule has 0 N–H and O–H groups in total. The van der Waals surface area contributed by atoms with Crippen molar-refractivity contribution in [1.82, 2.24) is 15.0 Å². The summed E-state index contributed by atoms with van der Waals surface area (Å²) < 4.78 is 13.9. The predicted molar refractivity (Wildman–Crippen MR) is 85.0 cm³/mol. The Morgan fingerprint density at radius 2 is 1.68 bits per heavy atom. The van der Waals surface area contributed by atoms with Gasteiger partial charge < -0.3 is 4.90 Å². The van der Waals surface area contributed by atoms with Crippen LogP contribution in [0.3, 0.4) is 0 Å². The summed E-state index contributed by atoms with van der Waals surface area (Å²) in [6, 6.07) is 10.3. The van der Waals surface area contributed by atoms with Crippen molar-refractivity contribution in [3.05, 3.63) is 60.8 Å². The number of benzene rings is 1. The number of hydrogen-bond donors (Lipinski definition) is 0. The Bertz CT molecular complexity index is 788. The van der Waals surface area contributed by atoms with Crippen LogP contribution < -0.4 is 4.90 Å². The van der Waals surface area contributed by atoms with Gasteiger partial charge in [0.25, 0.3) is 0 Å². The van der Waals surface area contributed by atoms with Gasteiger partial charge in [-0.05, 0) is 29.8 Å². The SMILES string of the molecule is CN(C)c1nc(-c2ccccc2F)ncc1-c1ccncc1. The van der Waals surface area contributed by atoms with Crippen LogP contribution >= 0.6 is 0 Å². The van der Waals surface area contributed by atoms with Gasteiger partial charge >= 0.3 is 0 Å². The Hall–Kier alpha value is -2.82. The van der Waals surface area contributed by atoms with Gasteiger partial charge in [0, 0.05) is 38.2 Å². The van der Waals surface area contributed by atoms with Gasteiger partial charge in [-0.15, -0.1) is 0 Å². The fraction of sp³-hybridized carbons (Fsp3) is 0.118. The Kier molecular flexibility index (Phi) is 3.78. The molecule has 5 heteroatoms.